The maximum Gasteiger partial charge on any atom is 0.274 e. The van der Waals surface area contributed by atoms with Gasteiger partial charge in [-0.15, -0.1) is 0 Å². The first-order chi connectivity index (χ1) is 12.6. The van der Waals surface area contributed by atoms with E-state index in [1.807, 2.05) is 32.0 Å². The Hall–Kier alpha value is -3.07. The zero-order valence-electron chi connectivity index (χ0n) is 14.2. The molecule has 0 aromatic carbocycles. The van der Waals surface area contributed by atoms with Crippen LogP contribution in [0.4, 0.5) is 0 Å². The van der Waals surface area contributed by atoms with Crippen molar-refractivity contribution in [3.05, 3.63) is 64.1 Å². The average Bonchev–Trinajstić information content (AvgIpc) is 3.05. The van der Waals surface area contributed by atoms with Crippen LogP contribution in [0, 0.1) is 13.8 Å². The highest BCUT2D eigenvalue weighted by atomic mass is 32.2. The van der Waals surface area contributed by atoms with Crippen molar-refractivity contribution in [3.8, 4) is 11.4 Å². The third-order valence-electron chi connectivity index (χ3n) is 3.63. The Bertz CT molecular complexity index is 1120. The first kappa shape index (κ1) is 16.4. The van der Waals surface area contributed by atoms with Gasteiger partial charge in [0.15, 0.2) is 11.0 Å². The summed E-state index contributed by atoms with van der Waals surface area (Å²) in [4.78, 5) is 34.1. The summed E-state index contributed by atoms with van der Waals surface area (Å²) in [7, 11) is 0. The molecule has 9 heteroatoms. The van der Waals surface area contributed by atoms with Crippen molar-refractivity contribution >= 4 is 17.5 Å². The van der Waals surface area contributed by atoms with E-state index in [4.69, 9.17) is 0 Å². The number of hydrogen-bond acceptors (Lipinski definition) is 7. The number of aromatic amines is 1. The first-order valence-electron chi connectivity index (χ1n) is 7.93. The number of nitrogens with one attached hydrogen (secondary N) is 1. The maximum absolute atomic E-state index is 12.4. The Kier molecular flexibility index (Phi) is 4.21. The number of nitrogens with zero attached hydrogens (tertiary/aromatic N) is 6. The van der Waals surface area contributed by atoms with E-state index in [2.05, 4.69) is 30.0 Å². The minimum Gasteiger partial charge on any atom is -0.271 e. The first-order valence-corrected chi connectivity index (χ1v) is 8.91. The van der Waals surface area contributed by atoms with E-state index in [1.165, 1.54) is 22.3 Å². The SMILES string of the molecule is Cc1cc(C)nc(SCc2cc(=O)n3[nH]c(-c4cccnc4)nc3n2)n1. The Morgan fingerprint density at radius 3 is 2.65 bits per heavy atom. The minimum atomic E-state index is -0.213. The smallest absolute Gasteiger partial charge is 0.271 e. The van der Waals surface area contributed by atoms with Crippen molar-refractivity contribution in [3.63, 3.8) is 0 Å². The van der Waals surface area contributed by atoms with Crippen molar-refractivity contribution in [1.82, 2.24) is 34.5 Å². The lowest BCUT2D eigenvalue weighted by atomic mass is 10.3. The van der Waals surface area contributed by atoms with Crippen molar-refractivity contribution < 1.29 is 0 Å². The van der Waals surface area contributed by atoms with Crippen LogP contribution in [0.5, 0.6) is 0 Å². The summed E-state index contributed by atoms with van der Waals surface area (Å²) in [5, 5.41) is 3.62. The number of H-pyrrole nitrogens is 1. The van der Waals surface area contributed by atoms with Crippen LogP contribution >= 0.6 is 11.8 Å². The summed E-state index contributed by atoms with van der Waals surface area (Å²) in [5.41, 5.74) is 3.03. The fourth-order valence-electron chi connectivity index (χ4n) is 2.53. The molecule has 26 heavy (non-hydrogen) atoms. The molecule has 0 atom stereocenters. The van der Waals surface area contributed by atoms with Gasteiger partial charge >= 0.3 is 0 Å². The molecule has 4 aromatic heterocycles. The Morgan fingerprint density at radius 2 is 1.92 bits per heavy atom. The fraction of sp³-hybridized carbons (Fsp3) is 0.176. The second-order valence-electron chi connectivity index (χ2n) is 5.76. The van der Waals surface area contributed by atoms with Crippen LogP contribution in [-0.4, -0.2) is 34.5 Å². The standard InChI is InChI=1S/C17H15N7OS/c1-10-6-11(2)20-17(19-10)26-9-13-7-14(25)24-16(21-13)22-15(23-24)12-4-3-5-18-8-12/h3-8H,9H2,1-2H3,(H,21,22,23). The van der Waals surface area contributed by atoms with Gasteiger partial charge in [0.05, 0.1) is 5.69 Å². The number of thioether (sulfide) groups is 1. The van der Waals surface area contributed by atoms with Gasteiger partial charge in [0.25, 0.3) is 11.3 Å². The van der Waals surface area contributed by atoms with Crippen LogP contribution in [0.25, 0.3) is 17.2 Å². The normalized spacial score (nSPS) is 11.2. The molecule has 0 saturated heterocycles. The molecule has 1 N–H and O–H groups in total. The molecule has 0 spiro atoms. The lowest BCUT2D eigenvalue weighted by molar-refractivity contribution is 0.885. The molecule has 0 saturated carbocycles. The van der Waals surface area contributed by atoms with Crippen molar-refractivity contribution in [1.29, 1.82) is 0 Å². The second kappa shape index (κ2) is 6.68. The zero-order valence-corrected chi connectivity index (χ0v) is 15.0. The third kappa shape index (κ3) is 3.33. The number of fused-ring (bicyclic) bond motifs is 1. The summed E-state index contributed by atoms with van der Waals surface area (Å²) >= 11 is 1.44. The highest BCUT2D eigenvalue weighted by Crippen LogP contribution is 2.19. The van der Waals surface area contributed by atoms with Crippen molar-refractivity contribution in [2.24, 2.45) is 0 Å². The Balaban J connectivity index is 1.63. The van der Waals surface area contributed by atoms with Crippen LogP contribution in [0.15, 0.2) is 46.6 Å². The number of rotatable bonds is 4. The summed E-state index contributed by atoms with van der Waals surface area (Å²) in [5.74, 6) is 1.36. The molecule has 130 valence electrons. The van der Waals surface area contributed by atoms with Gasteiger partial charge in [-0.2, -0.15) is 9.50 Å². The average molecular weight is 365 g/mol. The van der Waals surface area contributed by atoms with Crippen LogP contribution in [-0.2, 0) is 5.75 Å². The monoisotopic (exact) mass is 365 g/mol. The number of pyridine rings is 1. The topological polar surface area (TPSA) is 102 Å². The lowest BCUT2D eigenvalue weighted by Gasteiger charge is -2.02. The molecular weight excluding hydrogens is 350 g/mol. The molecule has 4 aromatic rings. The van der Waals surface area contributed by atoms with E-state index in [0.717, 1.165) is 17.0 Å². The summed E-state index contributed by atoms with van der Waals surface area (Å²) < 4.78 is 1.32. The van der Waals surface area contributed by atoms with E-state index >= 15 is 0 Å². The molecule has 0 aliphatic rings. The van der Waals surface area contributed by atoms with E-state index in [1.54, 1.807) is 12.4 Å². The van der Waals surface area contributed by atoms with Gasteiger partial charge in [0.2, 0.25) is 0 Å². The van der Waals surface area contributed by atoms with Crippen LogP contribution < -0.4 is 5.56 Å². The van der Waals surface area contributed by atoms with E-state index < -0.39 is 0 Å². The van der Waals surface area contributed by atoms with Gasteiger partial charge in [0, 0.05) is 41.2 Å². The van der Waals surface area contributed by atoms with Gasteiger partial charge in [-0.25, -0.2) is 15.0 Å². The quantitative estimate of drug-likeness (QED) is 0.437. The molecule has 0 unspecified atom stereocenters. The fourth-order valence-corrected chi connectivity index (χ4v) is 3.37. The summed E-state index contributed by atoms with van der Waals surface area (Å²) in [6.07, 6.45) is 3.36. The van der Waals surface area contributed by atoms with Crippen LogP contribution in [0.2, 0.25) is 0 Å². The number of hydrogen-bond donors (Lipinski definition) is 1. The molecule has 0 aliphatic heterocycles. The molecule has 0 amide bonds. The van der Waals surface area contributed by atoms with Gasteiger partial charge in [-0.1, -0.05) is 11.8 Å². The van der Waals surface area contributed by atoms with E-state index in [0.29, 0.717) is 28.2 Å². The molecule has 0 aliphatic carbocycles. The Morgan fingerprint density at radius 1 is 1.12 bits per heavy atom. The Labute approximate surface area is 152 Å². The highest BCUT2D eigenvalue weighted by molar-refractivity contribution is 7.98. The minimum absolute atomic E-state index is 0.213. The lowest BCUT2D eigenvalue weighted by Crippen LogP contribution is -2.15. The molecule has 4 heterocycles. The molecule has 0 fully saturated rings. The molecule has 0 radical (unpaired) electrons. The summed E-state index contributed by atoms with van der Waals surface area (Å²) in [6.45, 7) is 3.86. The van der Waals surface area contributed by atoms with Gasteiger partial charge in [-0.05, 0) is 32.0 Å². The highest BCUT2D eigenvalue weighted by Gasteiger charge is 2.10. The molecule has 8 nitrogen and oxygen atoms in total. The van der Waals surface area contributed by atoms with Crippen LogP contribution in [0.1, 0.15) is 17.1 Å². The van der Waals surface area contributed by atoms with E-state index in [9.17, 15) is 4.79 Å². The van der Waals surface area contributed by atoms with Gasteiger partial charge in [0.1, 0.15) is 0 Å². The zero-order chi connectivity index (χ0) is 18.1. The maximum atomic E-state index is 12.4. The van der Waals surface area contributed by atoms with Crippen molar-refractivity contribution in [2.45, 2.75) is 24.8 Å². The van der Waals surface area contributed by atoms with E-state index in [-0.39, 0.29) is 5.56 Å². The predicted octanol–water partition coefficient (Wildman–Crippen LogP) is 2.18. The van der Waals surface area contributed by atoms with Gasteiger partial charge < -0.3 is 0 Å². The number of aryl methyl sites for hydroxylation is 2. The third-order valence-corrected chi connectivity index (χ3v) is 4.51. The molecular formula is C17H15N7OS. The second-order valence-corrected chi connectivity index (χ2v) is 6.70. The molecule has 4 rings (SSSR count). The largest absolute Gasteiger partial charge is 0.274 e. The van der Waals surface area contributed by atoms with Crippen molar-refractivity contribution in [2.75, 3.05) is 0 Å². The summed E-state index contributed by atoms with van der Waals surface area (Å²) in [6, 6.07) is 7.09. The van der Waals surface area contributed by atoms with Crippen LogP contribution in [0.3, 0.4) is 0 Å². The predicted molar refractivity (Wildman–Crippen MR) is 97.9 cm³/mol. The van der Waals surface area contributed by atoms with Gasteiger partial charge in [-0.3, -0.25) is 14.9 Å². The number of aromatic nitrogens is 7. The molecule has 0 bridgehead atoms.